The number of halogens is 1. The molecule has 1 amide bonds. The maximum absolute atomic E-state index is 12.5. The Labute approximate surface area is 148 Å². The Balaban J connectivity index is 1.59. The summed E-state index contributed by atoms with van der Waals surface area (Å²) in [6.45, 7) is 5.90. The normalized spacial score (nSPS) is 15.4. The van der Waals surface area contributed by atoms with Crippen molar-refractivity contribution in [1.82, 2.24) is 0 Å². The van der Waals surface area contributed by atoms with Crippen LogP contribution in [0, 0.1) is 19.8 Å². The molecule has 0 unspecified atom stereocenters. The van der Waals surface area contributed by atoms with Gasteiger partial charge in [-0.25, -0.2) is 0 Å². The number of anilines is 2. The van der Waals surface area contributed by atoms with E-state index in [4.69, 9.17) is 11.6 Å². The summed E-state index contributed by atoms with van der Waals surface area (Å²) in [7, 11) is 0. The van der Waals surface area contributed by atoms with E-state index in [1.807, 2.05) is 25.1 Å². The Morgan fingerprint density at radius 1 is 1.08 bits per heavy atom. The molecule has 3 nitrogen and oxygen atoms in total. The number of rotatable bonds is 3. The molecule has 0 aromatic heterocycles. The van der Waals surface area contributed by atoms with E-state index >= 15 is 0 Å². The van der Waals surface area contributed by atoms with E-state index in [-0.39, 0.29) is 11.8 Å². The molecule has 0 bridgehead atoms. The maximum Gasteiger partial charge on any atom is 0.227 e. The summed E-state index contributed by atoms with van der Waals surface area (Å²) in [6.07, 6.45) is 1.75. The Kier molecular flexibility index (Phi) is 5.10. The van der Waals surface area contributed by atoms with E-state index in [0.717, 1.165) is 37.2 Å². The van der Waals surface area contributed by atoms with E-state index < -0.39 is 0 Å². The third kappa shape index (κ3) is 3.90. The second kappa shape index (κ2) is 7.27. The van der Waals surface area contributed by atoms with Crippen molar-refractivity contribution in [2.45, 2.75) is 26.7 Å². The van der Waals surface area contributed by atoms with Crippen molar-refractivity contribution in [3.63, 3.8) is 0 Å². The second-order valence-electron chi connectivity index (χ2n) is 6.55. The topological polar surface area (TPSA) is 32.3 Å². The van der Waals surface area contributed by atoms with Crippen LogP contribution in [-0.4, -0.2) is 19.0 Å². The predicted octanol–water partition coefficient (Wildman–Crippen LogP) is 4.81. The lowest BCUT2D eigenvalue weighted by Crippen LogP contribution is -2.38. The summed E-state index contributed by atoms with van der Waals surface area (Å²) in [4.78, 5) is 14.9. The Morgan fingerprint density at radius 3 is 2.42 bits per heavy atom. The summed E-state index contributed by atoms with van der Waals surface area (Å²) in [6, 6.07) is 14.2. The van der Waals surface area contributed by atoms with Crippen molar-refractivity contribution >= 4 is 28.9 Å². The second-order valence-corrected chi connectivity index (χ2v) is 6.98. The number of amides is 1. The first-order valence-electron chi connectivity index (χ1n) is 8.41. The number of carbonyl (C=O) groups is 1. The molecule has 0 saturated carbocycles. The Bertz CT molecular complexity index is 719. The zero-order chi connectivity index (χ0) is 17.1. The number of hydrogen-bond acceptors (Lipinski definition) is 2. The molecular weight excluding hydrogens is 320 g/mol. The zero-order valence-corrected chi connectivity index (χ0v) is 14.9. The molecule has 2 aromatic rings. The van der Waals surface area contributed by atoms with Crippen LogP contribution in [0.25, 0.3) is 0 Å². The van der Waals surface area contributed by atoms with E-state index in [1.54, 1.807) is 0 Å². The smallest absolute Gasteiger partial charge is 0.227 e. The third-order valence-electron chi connectivity index (χ3n) is 4.72. The number of benzene rings is 2. The van der Waals surface area contributed by atoms with E-state index in [2.05, 4.69) is 41.4 Å². The van der Waals surface area contributed by atoms with Gasteiger partial charge in [0.15, 0.2) is 0 Å². The van der Waals surface area contributed by atoms with Crippen LogP contribution in [0.15, 0.2) is 42.5 Å². The molecule has 0 radical (unpaired) electrons. The van der Waals surface area contributed by atoms with Crippen LogP contribution in [0.3, 0.4) is 0 Å². The number of piperidine rings is 1. The van der Waals surface area contributed by atoms with Crippen molar-refractivity contribution in [3.8, 4) is 0 Å². The highest BCUT2D eigenvalue weighted by atomic mass is 35.5. The first-order valence-corrected chi connectivity index (χ1v) is 8.79. The van der Waals surface area contributed by atoms with Crippen molar-refractivity contribution in [1.29, 1.82) is 0 Å². The molecule has 1 heterocycles. The van der Waals surface area contributed by atoms with Gasteiger partial charge in [0, 0.05) is 35.4 Å². The minimum atomic E-state index is 0.0603. The minimum Gasteiger partial charge on any atom is -0.371 e. The highest BCUT2D eigenvalue weighted by Gasteiger charge is 2.25. The highest BCUT2D eigenvalue weighted by molar-refractivity contribution is 6.31. The van der Waals surface area contributed by atoms with Gasteiger partial charge in [0.2, 0.25) is 5.91 Å². The van der Waals surface area contributed by atoms with Gasteiger partial charge in [0.25, 0.3) is 0 Å². The molecule has 1 fully saturated rings. The fraction of sp³-hybridized carbons (Fsp3) is 0.350. The summed E-state index contributed by atoms with van der Waals surface area (Å²) >= 11 is 6.03. The number of hydrogen-bond donors (Lipinski definition) is 1. The Morgan fingerprint density at radius 2 is 1.75 bits per heavy atom. The van der Waals surface area contributed by atoms with Gasteiger partial charge < -0.3 is 10.2 Å². The average Bonchev–Trinajstić information content (AvgIpc) is 2.59. The molecule has 3 rings (SSSR count). The van der Waals surface area contributed by atoms with Crippen LogP contribution in [0.4, 0.5) is 11.4 Å². The predicted molar refractivity (Wildman–Crippen MR) is 101 cm³/mol. The lowest BCUT2D eigenvalue weighted by atomic mass is 9.95. The summed E-state index contributed by atoms with van der Waals surface area (Å²) in [5, 5.41) is 3.68. The highest BCUT2D eigenvalue weighted by Crippen LogP contribution is 2.26. The van der Waals surface area contributed by atoms with Crippen LogP contribution in [0.2, 0.25) is 5.02 Å². The summed E-state index contributed by atoms with van der Waals surface area (Å²) in [5.41, 5.74) is 4.35. The molecule has 1 aliphatic heterocycles. The third-order valence-corrected chi connectivity index (χ3v) is 4.96. The molecule has 0 spiro atoms. The summed E-state index contributed by atoms with van der Waals surface area (Å²) < 4.78 is 0. The minimum absolute atomic E-state index is 0.0603. The molecule has 2 aromatic carbocycles. The molecular formula is C20H23ClN2O. The molecule has 0 aliphatic carbocycles. The average molecular weight is 343 g/mol. The number of nitrogens with one attached hydrogen (secondary N) is 1. The van der Waals surface area contributed by atoms with Gasteiger partial charge in [0.1, 0.15) is 0 Å². The van der Waals surface area contributed by atoms with Gasteiger partial charge in [0.05, 0.1) is 0 Å². The van der Waals surface area contributed by atoms with Crippen molar-refractivity contribution < 1.29 is 4.79 Å². The van der Waals surface area contributed by atoms with E-state index in [0.29, 0.717) is 5.02 Å². The molecule has 1 aliphatic rings. The van der Waals surface area contributed by atoms with Crippen LogP contribution in [0.1, 0.15) is 24.0 Å². The van der Waals surface area contributed by atoms with Crippen LogP contribution in [-0.2, 0) is 4.79 Å². The van der Waals surface area contributed by atoms with Crippen molar-refractivity contribution in [3.05, 3.63) is 58.6 Å². The summed E-state index contributed by atoms with van der Waals surface area (Å²) in [5.74, 6) is 0.161. The number of aryl methyl sites for hydroxylation is 2. The molecule has 0 atom stereocenters. The van der Waals surface area contributed by atoms with Gasteiger partial charge in [-0.3, -0.25) is 4.79 Å². The van der Waals surface area contributed by atoms with Gasteiger partial charge in [-0.2, -0.15) is 0 Å². The number of nitrogens with zero attached hydrogens (tertiary/aromatic N) is 1. The van der Waals surface area contributed by atoms with Gasteiger partial charge in [-0.05, 0) is 56.5 Å². The van der Waals surface area contributed by atoms with E-state index in [9.17, 15) is 4.79 Å². The van der Waals surface area contributed by atoms with Crippen LogP contribution >= 0.6 is 11.6 Å². The Hall–Kier alpha value is -2.00. The van der Waals surface area contributed by atoms with E-state index in [1.165, 1.54) is 11.3 Å². The lowest BCUT2D eigenvalue weighted by molar-refractivity contribution is -0.120. The standard InChI is InChI=1S/C20H23ClN2O/c1-14-3-7-18(8-4-14)23-11-9-16(10-12-23)20(24)22-19-13-17(21)6-5-15(19)2/h3-8,13,16H,9-12H2,1-2H3,(H,22,24). The molecule has 1 N–H and O–H groups in total. The maximum atomic E-state index is 12.5. The molecule has 1 saturated heterocycles. The quantitative estimate of drug-likeness (QED) is 0.868. The first kappa shape index (κ1) is 16.8. The first-order chi connectivity index (χ1) is 11.5. The lowest BCUT2D eigenvalue weighted by Gasteiger charge is -2.33. The van der Waals surface area contributed by atoms with Crippen molar-refractivity contribution in [2.24, 2.45) is 5.92 Å². The van der Waals surface area contributed by atoms with Crippen LogP contribution in [0.5, 0.6) is 0 Å². The van der Waals surface area contributed by atoms with Gasteiger partial charge in [-0.15, -0.1) is 0 Å². The van der Waals surface area contributed by atoms with Crippen molar-refractivity contribution in [2.75, 3.05) is 23.3 Å². The zero-order valence-electron chi connectivity index (χ0n) is 14.2. The molecule has 126 valence electrons. The SMILES string of the molecule is Cc1ccc(N2CCC(C(=O)Nc3cc(Cl)ccc3C)CC2)cc1. The molecule has 24 heavy (non-hydrogen) atoms. The van der Waals surface area contributed by atoms with Gasteiger partial charge >= 0.3 is 0 Å². The monoisotopic (exact) mass is 342 g/mol. The fourth-order valence-corrected chi connectivity index (χ4v) is 3.29. The van der Waals surface area contributed by atoms with Gasteiger partial charge in [-0.1, -0.05) is 35.4 Å². The fourth-order valence-electron chi connectivity index (χ4n) is 3.12. The van der Waals surface area contributed by atoms with Crippen LogP contribution < -0.4 is 10.2 Å². The number of carbonyl (C=O) groups excluding carboxylic acids is 1. The largest absolute Gasteiger partial charge is 0.371 e. The molecule has 4 heteroatoms.